The van der Waals surface area contributed by atoms with Crippen LogP contribution < -0.4 is 10.5 Å². The normalized spacial score (nSPS) is 10.6. The van der Waals surface area contributed by atoms with E-state index < -0.39 is 0 Å². The van der Waals surface area contributed by atoms with Gasteiger partial charge in [-0.1, -0.05) is 42.5 Å². The molecule has 0 spiro atoms. The molecule has 0 radical (unpaired) electrons. The summed E-state index contributed by atoms with van der Waals surface area (Å²) in [6.45, 7) is 0.357. The maximum atomic E-state index is 10.1. The zero-order valence-electron chi connectivity index (χ0n) is 10.8. The summed E-state index contributed by atoms with van der Waals surface area (Å²) in [4.78, 5) is 4.34. The Kier molecular flexibility index (Phi) is 3.13. The molecule has 3 N–H and O–H groups in total. The minimum absolute atomic E-state index is 0.0126. The van der Waals surface area contributed by atoms with Crippen molar-refractivity contribution >= 4 is 16.6 Å². The molecule has 20 heavy (non-hydrogen) atoms. The van der Waals surface area contributed by atoms with Crippen molar-refractivity contribution in [1.82, 2.24) is 4.98 Å². The van der Waals surface area contributed by atoms with Gasteiger partial charge in [-0.05, 0) is 17.7 Å². The molecule has 0 atom stereocenters. The van der Waals surface area contributed by atoms with Crippen LogP contribution in [-0.2, 0) is 6.61 Å². The van der Waals surface area contributed by atoms with Crippen molar-refractivity contribution in [3.63, 3.8) is 0 Å². The third kappa shape index (κ3) is 2.23. The van der Waals surface area contributed by atoms with Gasteiger partial charge in [-0.15, -0.1) is 0 Å². The molecule has 1 aromatic heterocycles. The van der Waals surface area contributed by atoms with E-state index in [1.807, 2.05) is 48.5 Å². The van der Waals surface area contributed by atoms with Crippen LogP contribution in [-0.4, -0.2) is 10.1 Å². The first-order chi connectivity index (χ1) is 9.75. The minimum atomic E-state index is 0.0126. The molecule has 1 heterocycles. The van der Waals surface area contributed by atoms with Gasteiger partial charge in [0.1, 0.15) is 12.3 Å². The molecule has 0 amide bonds. The van der Waals surface area contributed by atoms with Crippen LogP contribution in [0.4, 0.5) is 5.69 Å². The SMILES string of the molecule is Nc1c(OCc2ccccc2)nc2ccccc2c1O. The lowest BCUT2D eigenvalue weighted by molar-refractivity contribution is 0.295. The Morgan fingerprint density at radius 2 is 1.70 bits per heavy atom. The number of fused-ring (bicyclic) bond motifs is 1. The Morgan fingerprint density at radius 3 is 2.50 bits per heavy atom. The van der Waals surface area contributed by atoms with E-state index in [9.17, 15) is 5.11 Å². The topological polar surface area (TPSA) is 68.4 Å². The Bertz CT molecular complexity index is 742. The van der Waals surface area contributed by atoms with Gasteiger partial charge >= 0.3 is 0 Å². The number of hydrogen-bond acceptors (Lipinski definition) is 4. The Hall–Kier alpha value is -2.75. The number of anilines is 1. The van der Waals surface area contributed by atoms with Crippen LogP contribution in [0.5, 0.6) is 11.6 Å². The van der Waals surface area contributed by atoms with E-state index in [0.29, 0.717) is 17.5 Å². The van der Waals surface area contributed by atoms with E-state index in [0.717, 1.165) is 5.56 Å². The summed E-state index contributed by atoms with van der Waals surface area (Å²) >= 11 is 0. The highest BCUT2D eigenvalue weighted by atomic mass is 16.5. The Morgan fingerprint density at radius 1 is 1.00 bits per heavy atom. The molecule has 4 heteroatoms. The van der Waals surface area contributed by atoms with E-state index in [-0.39, 0.29) is 17.3 Å². The molecule has 4 nitrogen and oxygen atoms in total. The standard InChI is InChI=1S/C16H14N2O2/c17-14-15(19)12-8-4-5-9-13(12)18-16(14)20-10-11-6-2-1-3-7-11/h1-9H,10,17H2,(H,18,19). The first-order valence-electron chi connectivity index (χ1n) is 6.29. The quantitative estimate of drug-likeness (QED) is 0.764. The fraction of sp³-hybridized carbons (Fsp3) is 0.0625. The molecule has 0 aliphatic carbocycles. The first-order valence-corrected chi connectivity index (χ1v) is 6.29. The van der Waals surface area contributed by atoms with E-state index in [1.54, 1.807) is 6.07 Å². The molecule has 0 fully saturated rings. The molecule has 0 unspecified atom stereocenters. The fourth-order valence-electron chi connectivity index (χ4n) is 2.02. The summed E-state index contributed by atoms with van der Waals surface area (Å²) in [5, 5.41) is 10.7. The number of benzene rings is 2. The lowest BCUT2D eigenvalue weighted by Crippen LogP contribution is -2.01. The number of hydrogen-bond donors (Lipinski definition) is 2. The minimum Gasteiger partial charge on any atom is -0.505 e. The van der Waals surface area contributed by atoms with Gasteiger partial charge in [0, 0.05) is 5.39 Å². The molecule has 0 bridgehead atoms. The lowest BCUT2D eigenvalue weighted by Gasteiger charge is -2.11. The Balaban J connectivity index is 1.94. The second-order valence-corrected chi connectivity index (χ2v) is 4.47. The molecule has 0 saturated heterocycles. The third-order valence-corrected chi connectivity index (χ3v) is 3.09. The highest BCUT2D eigenvalue weighted by molar-refractivity contribution is 5.91. The number of rotatable bonds is 3. The van der Waals surface area contributed by atoms with Crippen molar-refractivity contribution in [2.24, 2.45) is 0 Å². The Labute approximate surface area is 116 Å². The largest absolute Gasteiger partial charge is 0.505 e. The number of nitrogen functional groups attached to an aromatic ring is 1. The molecule has 0 aliphatic heterocycles. The first kappa shape index (κ1) is 12.3. The number of ether oxygens (including phenoxy) is 1. The number of pyridine rings is 1. The molecule has 100 valence electrons. The second-order valence-electron chi connectivity index (χ2n) is 4.47. The molecule has 3 aromatic rings. The zero-order valence-corrected chi connectivity index (χ0v) is 10.8. The predicted octanol–water partition coefficient (Wildman–Crippen LogP) is 3.10. The lowest BCUT2D eigenvalue weighted by atomic mass is 10.2. The van der Waals surface area contributed by atoms with Crippen molar-refractivity contribution < 1.29 is 9.84 Å². The predicted molar refractivity (Wildman–Crippen MR) is 78.6 cm³/mol. The van der Waals surface area contributed by atoms with Crippen molar-refractivity contribution in [2.75, 3.05) is 5.73 Å². The number of nitrogens with two attached hydrogens (primary N) is 1. The average molecular weight is 266 g/mol. The van der Waals surface area contributed by atoms with Crippen LogP contribution in [0.1, 0.15) is 5.56 Å². The number of para-hydroxylation sites is 1. The second kappa shape index (κ2) is 5.09. The summed E-state index contributed by atoms with van der Waals surface area (Å²) in [7, 11) is 0. The average Bonchev–Trinajstić information content (AvgIpc) is 2.50. The van der Waals surface area contributed by atoms with Gasteiger partial charge in [0.2, 0.25) is 5.88 Å². The van der Waals surface area contributed by atoms with Crippen LogP contribution >= 0.6 is 0 Å². The van der Waals surface area contributed by atoms with Crippen molar-refractivity contribution in [2.45, 2.75) is 6.61 Å². The maximum absolute atomic E-state index is 10.1. The molecule has 2 aromatic carbocycles. The summed E-state index contributed by atoms with van der Waals surface area (Å²) in [6, 6.07) is 17.0. The molecule has 0 aliphatic rings. The summed E-state index contributed by atoms with van der Waals surface area (Å²) in [6.07, 6.45) is 0. The van der Waals surface area contributed by atoms with Gasteiger partial charge in [-0.2, -0.15) is 0 Å². The van der Waals surface area contributed by atoms with Crippen LogP contribution in [0.25, 0.3) is 10.9 Å². The van der Waals surface area contributed by atoms with Crippen LogP contribution in [0.2, 0.25) is 0 Å². The van der Waals surface area contributed by atoms with Crippen LogP contribution in [0, 0.1) is 0 Å². The number of aromatic hydroxyl groups is 1. The van der Waals surface area contributed by atoms with Crippen molar-refractivity contribution in [3.8, 4) is 11.6 Å². The monoisotopic (exact) mass is 266 g/mol. The fourth-order valence-corrected chi connectivity index (χ4v) is 2.02. The van der Waals surface area contributed by atoms with Crippen LogP contribution in [0.15, 0.2) is 54.6 Å². The highest BCUT2D eigenvalue weighted by Gasteiger charge is 2.12. The van der Waals surface area contributed by atoms with E-state index >= 15 is 0 Å². The number of nitrogens with zero attached hydrogens (tertiary/aromatic N) is 1. The molecular weight excluding hydrogens is 252 g/mol. The van der Waals surface area contributed by atoms with E-state index in [2.05, 4.69) is 4.98 Å². The number of aromatic nitrogens is 1. The van der Waals surface area contributed by atoms with Crippen molar-refractivity contribution in [3.05, 3.63) is 60.2 Å². The molecule has 0 saturated carbocycles. The van der Waals surface area contributed by atoms with Gasteiger partial charge in [-0.3, -0.25) is 0 Å². The third-order valence-electron chi connectivity index (χ3n) is 3.09. The van der Waals surface area contributed by atoms with Gasteiger partial charge in [-0.25, -0.2) is 4.98 Å². The summed E-state index contributed by atoms with van der Waals surface area (Å²) < 4.78 is 5.62. The van der Waals surface area contributed by atoms with Gasteiger partial charge in [0.05, 0.1) is 5.52 Å². The van der Waals surface area contributed by atoms with Gasteiger partial charge < -0.3 is 15.6 Å². The molecular formula is C16H14N2O2. The van der Waals surface area contributed by atoms with Crippen LogP contribution in [0.3, 0.4) is 0 Å². The zero-order chi connectivity index (χ0) is 13.9. The molecule has 3 rings (SSSR count). The summed E-state index contributed by atoms with van der Waals surface area (Å²) in [5.41, 5.74) is 7.71. The summed E-state index contributed by atoms with van der Waals surface area (Å²) in [5.74, 6) is 0.267. The van der Waals surface area contributed by atoms with Crippen molar-refractivity contribution in [1.29, 1.82) is 0 Å². The van der Waals surface area contributed by atoms with E-state index in [4.69, 9.17) is 10.5 Å². The van der Waals surface area contributed by atoms with E-state index in [1.165, 1.54) is 0 Å². The highest BCUT2D eigenvalue weighted by Crippen LogP contribution is 2.35. The smallest absolute Gasteiger partial charge is 0.242 e. The van der Waals surface area contributed by atoms with Gasteiger partial charge in [0.15, 0.2) is 5.75 Å². The maximum Gasteiger partial charge on any atom is 0.242 e. The van der Waals surface area contributed by atoms with Gasteiger partial charge in [0.25, 0.3) is 0 Å².